The second kappa shape index (κ2) is 5.36. The molecule has 1 aromatic heterocycles. The minimum absolute atomic E-state index is 0.200. The van der Waals surface area contributed by atoms with Crippen LogP contribution in [0.3, 0.4) is 0 Å². The van der Waals surface area contributed by atoms with Gasteiger partial charge in [0.15, 0.2) is 11.6 Å². The van der Waals surface area contributed by atoms with E-state index in [2.05, 4.69) is 33.8 Å². The number of nitrogens with zero attached hydrogens (tertiary/aromatic N) is 1. The van der Waals surface area contributed by atoms with Gasteiger partial charge in [0.2, 0.25) is 0 Å². The molecule has 1 atom stereocenters. The van der Waals surface area contributed by atoms with E-state index in [1.54, 1.807) is 12.3 Å². The monoisotopic (exact) mass is 257 g/mol. The van der Waals surface area contributed by atoms with Crippen LogP contribution in [0, 0.1) is 5.82 Å². The molecule has 0 saturated carbocycles. The minimum atomic E-state index is -0.313. The van der Waals surface area contributed by atoms with Crippen molar-refractivity contribution in [2.45, 2.75) is 12.5 Å². The van der Waals surface area contributed by atoms with Crippen LogP contribution < -0.4 is 10.6 Å². The summed E-state index contributed by atoms with van der Waals surface area (Å²) in [4.78, 5) is 4.00. The van der Waals surface area contributed by atoms with Crippen LogP contribution in [-0.4, -0.2) is 18.1 Å². The van der Waals surface area contributed by atoms with Crippen molar-refractivity contribution < 1.29 is 4.39 Å². The highest BCUT2D eigenvalue weighted by Crippen LogP contribution is 2.23. The number of fused-ring (bicyclic) bond motifs is 1. The third-order valence-electron chi connectivity index (χ3n) is 3.45. The number of hydrogen-bond acceptors (Lipinski definition) is 3. The molecule has 2 aromatic rings. The highest BCUT2D eigenvalue weighted by atomic mass is 19.1. The summed E-state index contributed by atoms with van der Waals surface area (Å²) in [5.74, 6) is -0.000973. The molecule has 3 rings (SSSR count). The maximum Gasteiger partial charge on any atom is 0.165 e. The molecule has 2 N–H and O–H groups in total. The summed E-state index contributed by atoms with van der Waals surface area (Å²) in [7, 11) is 0. The number of halogens is 1. The maximum absolute atomic E-state index is 13.5. The minimum Gasteiger partial charge on any atom is -0.366 e. The van der Waals surface area contributed by atoms with Gasteiger partial charge < -0.3 is 10.6 Å². The molecule has 3 nitrogen and oxygen atoms in total. The second-order valence-electron chi connectivity index (χ2n) is 4.67. The molecular formula is C15H16FN3. The van der Waals surface area contributed by atoms with Crippen molar-refractivity contribution in [2.75, 3.05) is 18.4 Å². The third-order valence-corrected chi connectivity index (χ3v) is 3.45. The lowest BCUT2D eigenvalue weighted by Crippen LogP contribution is -2.34. The van der Waals surface area contributed by atoms with Crippen molar-refractivity contribution in [1.29, 1.82) is 0 Å². The predicted molar refractivity (Wildman–Crippen MR) is 73.6 cm³/mol. The van der Waals surface area contributed by atoms with Crippen molar-refractivity contribution in [2.24, 2.45) is 0 Å². The Morgan fingerprint density at radius 2 is 2.16 bits per heavy atom. The molecule has 0 bridgehead atoms. The fraction of sp³-hybridized carbons (Fsp3) is 0.267. The lowest BCUT2D eigenvalue weighted by Gasteiger charge is -2.27. The van der Waals surface area contributed by atoms with E-state index < -0.39 is 0 Å². The Morgan fingerprint density at radius 3 is 3.05 bits per heavy atom. The SMILES string of the molecule is Fc1cccnc1NCC1NCCc2ccccc21. The molecule has 0 saturated heterocycles. The number of anilines is 1. The standard InChI is InChI=1S/C15H16FN3/c16-13-6-3-8-18-15(13)19-10-14-12-5-2-1-4-11(12)7-9-17-14/h1-6,8,14,17H,7,9-10H2,(H,18,19). The number of rotatable bonds is 3. The van der Waals surface area contributed by atoms with E-state index in [1.807, 2.05) is 6.07 Å². The van der Waals surface area contributed by atoms with E-state index in [1.165, 1.54) is 17.2 Å². The van der Waals surface area contributed by atoms with Crippen molar-refractivity contribution >= 4 is 5.82 Å². The zero-order valence-electron chi connectivity index (χ0n) is 10.6. The smallest absolute Gasteiger partial charge is 0.165 e. The number of nitrogens with one attached hydrogen (secondary N) is 2. The lowest BCUT2D eigenvalue weighted by molar-refractivity contribution is 0.521. The molecule has 0 radical (unpaired) electrons. The molecule has 98 valence electrons. The average molecular weight is 257 g/mol. The van der Waals surface area contributed by atoms with Gasteiger partial charge >= 0.3 is 0 Å². The van der Waals surface area contributed by atoms with Crippen LogP contribution >= 0.6 is 0 Å². The number of pyridine rings is 1. The highest BCUT2D eigenvalue weighted by Gasteiger charge is 2.19. The van der Waals surface area contributed by atoms with E-state index in [-0.39, 0.29) is 11.9 Å². The normalized spacial score (nSPS) is 17.8. The predicted octanol–water partition coefficient (Wildman–Crippen LogP) is 2.52. The van der Waals surface area contributed by atoms with E-state index in [4.69, 9.17) is 0 Å². The Bertz CT molecular complexity index is 571. The molecule has 0 amide bonds. The molecule has 1 aliphatic rings. The highest BCUT2D eigenvalue weighted by molar-refractivity contribution is 5.38. The van der Waals surface area contributed by atoms with E-state index >= 15 is 0 Å². The summed E-state index contributed by atoms with van der Waals surface area (Å²) < 4.78 is 13.5. The van der Waals surface area contributed by atoms with Gasteiger partial charge in [-0.25, -0.2) is 9.37 Å². The van der Waals surface area contributed by atoms with Crippen LogP contribution in [0.2, 0.25) is 0 Å². The molecule has 19 heavy (non-hydrogen) atoms. The number of benzene rings is 1. The maximum atomic E-state index is 13.5. The quantitative estimate of drug-likeness (QED) is 0.887. The topological polar surface area (TPSA) is 37.0 Å². The molecule has 0 aliphatic carbocycles. The van der Waals surface area contributed by atoms with E-state index in [0.717, 1.165) is 13.0 Å². The van der Waals surface area contributed by atoms with Crippen LogP contribution in [0.15, 0.2) is 42.6 Å². The van der Waals surface area contributed by atoms with Crippen LogP contribution in [0.1, 0.15) is 17.2 Å². The van der Waals surface area contributed by atoms with Gasteiger partial charge in [0.1, 0.15) is 0 Å². The first-order chi connectivity index (χ1) is 9.34. The Morgan fingerprint density at radius 1 is 1.26 bits per heavy atom. The van der Waals surface area contributed by atoms with Crippen molar-refractivity contribution in [3.8, 4) is 0 Å². The summed E-state index contributed by atoms with van der Waals surface area (Å²) in [5.41, 5.74) is 2.66. The van der Waals surface area contributed by atoms with Gasteiger partial charge in [-0.1, -0.05) is 24.3 Å². The first kappa shape index (κ1) is 12.1. The van der Waals surface area contributed by atoms with Crippen LogP contribution in [-0.2, 0) is 6.42 Å². The molecule has 1 unspecified atom stereocenters. The summed E-state index contributed by atoms with van der Waals surface area (Å²) in [5, 5.41) is 6.53. The lowest BCUT2D eigenvalue weighted by atomic mass is 9.94. The summed E-state index contributed by atoms with van der Waals surface area (Å²) >= 11 is 0. The average Bonchev–Trinajstić information content (AvgIpc) is 2.46. The molecule has 4 heteroatoms. The molecule has 1 aromatic carbocycles. The summed E-state index contributed by atoms with van der Waals surface area (Å²) in [6.45, 7) is 1.58. The Kier molecular flexibility index (Phi) is 3.42. The van der Waals surface area contributed by atoms with Gasteiger partial charge in [-0.2, -0.15) is 0 Å². The van der Waals surface area contributed by atoms with Gasteiger partial charge in [0, 0.05) is 18.8 Å². The fourth-order valence-corrected chi connectivity index (χ4v) is 2.49. The zero-order valence-corrected chi connectivity index (χ0v) is 10.6. The van der Waals surface area contributed by atoms with Crippen LogP contribution in [0.25, 0.3) is 0 Å². The van der Waals surface area contributed by atoms with E-state index in [0.29, 0.717) is 12.4 Å². The number of aromatic nitrogens is 1. The number of hydrogen-bond donors (Lipinski definition) is 2. The molecular weight excluding hydrogens is 241 g/mol. The van der Waals surface area contributed by atoms with Crippen LogP contribution in [0.5, 0.6) is 0 Å². The summed E-state index contributed by atoms with van der Waals surface area (Å²) in [6, 6.07) is 11.6. The summed E-state index contributed by atoms with van der Waals surface area (Å²) in [6.07, 6.45) is 2.64. The fourth-order valence-electron chi connectivity index (χ4n) is 2.49. The second-order valence-corrected chi connectivity index (χ2v) is 4.67. The molecule has 0 spiro atoms. The van der Waals surface area contributed by atoms with Crippen molar-refractivity contribution in [3.63, 3.8) is 0 Å². The first-order valence-corrected chi connectivity index (χ1v) is 6.50. The van der Waals surface area contributed by atoms with Crippen molar-refractivity contribution in [3.05, 3.63) is 59.5 Å². The van der Waals surface area contributed by atoms with Crippen LogP contribution in [0.4, 0.5) is 10.2 Å². The van der Waals surface area contributed by atoms with E-state index in [9.17, 15) is 4.39 Å². The molecule has 2 heterocycles. The van der Waals surface area contributed by atoms with Gasteiger partial charge in [0.05, 0.1) is 0 Å². The van der Waals surface area contributed by atoms with Gasteiger partial charge in [-0.05, 0) is 36.2 Å². The molecule has 0 fully saturated rings. The van der Waals surface area contributed by atoms with Gasteiger partial charge in [-0.3, -0.25) is 0 Å². The Labute approximate surface area is 111 Å². The first-order valence-electron chi connectivity index (χ1n) is 6.50. The zero-order chi connectivity index (χ0) is 13.1. The van der Waals surface area contributed by atoms with Gasteiger partial charge in [-0.15, -0.1) is 0 Å². The molecule has 1 aliphatic heterocycles. The third kappa shape index (κ3) is 2.58. The Hall–Kier alpha value is -1.94. The largest absolute Gasteiger partial charge is 0.366 e. The van der Waals surface area contributed by atoms with Crippen molar-refractivity contribution in [1.82, 2.24) is 10.3 Å². The Balaban J connectivity index is 1.73. The van der Waals surface area contributed by atoms with Gasteiger partial charge in [0.25, 0.3) is 0 Å².